The van der Waals surface area contributed by atoms with Crippen LogP contribution >= 0.6 is 11.3 Å². The number of carbonyl (C=O) groups excluding carboxylic acids is 1. The molecule has 17 heavy (non-hydrogen) atoms. The molecule has 3 heterocycles. The zero-order valence-corrected chi connectivity index (χ0v) is 11.0. The summed E-state index contributed by atoms with van der Waals surface area (Å²) in [5.74, 6) is 0.463. The minimum absolute atomic E-state index is 0.463. The Morgan fingerprint density at radius 1 is 1.41 bits per heavy atom. The Morgan fingerprint density at radius 3 is 2.71 bits per heavy atom. The van der Waals surface area contributed by atoms with E-state index in [9.17, 15) is 4.79 Å². The number of thiazole rings is 1. The van der Waals surface area contributed by atoms with Crippen molar-refractivity contribution in [1.29, 1.82) is 0 Å². The molecule has 2 unspecified atom stereocenters. The van der Waals surface area contributed by atoms with Crippen molar-refractivity contribution in [3.8, 4) is 0 Å². The molecule has 0 N–H and O–H groups in total. The average Bonchev–Trinajstić information content (AvgIpc) is 2.65. The number of aromatic nitrogens is 1. The van der Waals surface area contributed by atoms with Crippen molar-refractivity contribution in [2.75, 3.05) is 0 Å². The first-order valence-electron chi connectivity index (χ1n) is 6.41. The lowest BCUT2D eigenvalue weighted by atomic mass is 9.84. The molecule has 92 valence electrons. The van der Waals surface area contributed by atoms with Crippen LogP contribution in [0, 0.1) is 6.92 Å². The molecular weight excluding hydrogens is 232 g/mol. The lowest BCUT2D eigenvalue weighted by Crippen LogP contribution is -2.51. The fourth-order valence-corrected chi connectivity index (χ4v) is 3.80. The normalized spacial score (nSPS) is 29.6. The summed E-state index contributed by atoms with van der Waals surface area (Å²) in [5, 5.41) is 3.29. The second-order valence-corrected chi connectivity index (χ2v) is 6.28. The molecule has 0 radical (unpaired) electrons. The fraction of sp³-hybridized carbons (Fsp3) is 0.692. The molecule has 0 amide bonds. The summed E-state index contributed by atoms with van der Waals surface area (Å²) in [6, 6.07) is 0.967. The van der Waals surface area contributed by atoms with E-state index in [4.69, 9.17) is 0 Å². The van der Waals surface area contributed by atoms with E-state index in [2.05, 4.69) is 22.2 Å². The highest BCUT2D eigenvalue weighted by molar-refractivity contribution is 7.09. The SMILES string of the molecule is Cc1nc(CN2C3CCCC2CC(=O)C3)cs1. The average molecular weight is 250 g/mol. The first-order chi connectivity index (χ1) is 8.22. The van der Waals surface area contributed by atoms with Gasteiger partial charge in [-0.25, -0.2) is 4.98 Å². The van der Waals surface area contributed by atoms with Gasteiger partial charge >= 0.3 is 0 Å². The Labute approximate surface area is 106 Å². The number of fused-ring (bicyclic) bond motifs is 2. The standard InChI is InChI=1S/C13H18N2OS/c1-9-14-10(8-17-9)7-15-11-3-2-4-12(15)6-13(16)5-11/h8,11-12H,2-7H2,1H3. The minimum Gasteiger partial charge on any atom is -0.300 e. The van der Waals surface area contributed by atoms with Crippen molar-refractivity contribution in [3.05, 3.63) is 16.1 Å². The number of hydrogen-bond donors (Lipinski definition) is 0. The van der Waals surface area contributed by atoms with Crippen LogP contribution in [0.25, 0.3) is 0 Å². The summed E-state index contributed by atoms with van der Waals surface area (Å²) in [5.41, 5.74) is 1.18. The summed E-state index contributed by atoms with van der Waals surface area (Å²) >= 11 is 1.72. The molecule has 0 aliphatic carbocycles. The van der Waals surface area contributed by atoms with Gasteiger partial charge in [0.15, 0.2) is 0 Å². The smallest absolute Gasteiger partial charge is 0.136 e. The molecule has 2 saturated heterocycles. The van der Waals surface area contributed by atoms with Gasteiger partial charge in [0.1, 0.15) is 5.78 Å². The van der Waals surface area contributed by atoms with Gasteiger partial charge in [0.2, 0.25) is 0 Å². The highest BCUT2D eigenvalue weighted by Gasteiger charge is 2.37. The number of carbonyl (C=O) groups is 1. The molecule has 0 aromatic carbocycles. The second kappa shape index (κ2) is 4.50. The van der Waals surface area contributed by atoms with Crippen LogP contribution in [0.1, 0.15) is 42.8 Å². The van der Waals surface area contributed by atoms with Crippen LogP contribution < -0.4 is 0 Å². The third kappa shape index (κ3) is 2.29. The van der Waals surface area contributed by atoms with Crippen molar-refractivity contribution in [1.82, 2.24) is 9.88 Å². The molecule has 2 aliphatic heterocycles. The Hall–Kier alpha value is -0.740. The van der Waals surface area contributed by atoms with Crippen LogP contribution in [0.3, 0.4) is 0 Å². The summed E-state index contributed by atoms with van der Waals surface area (Å²) in [6.45, 7) is 2.99. The molecule has 1 aromatic heterocycles. The third-order valence-electron chi connectivity index (χ3n) is 3.95. The number of rotatable bonds is 2. The number of aryl methyl sites for hydroxylation is 1. The van der Waals surface area contributed by atoms with E-state index in [-0.39, 0.29) is 0 Å². The van der Waals surface area contributed by atoms with Crippen LogP contribution in [0.15, 0.2) is 5.38 Å². The number of ketones is 1. The molecule has 0 spiro atoms. The van der Waals surface area contributed by atoms with E-state index in [1.165, 1.54) is 25.0 Å². The molecule has 2 bridgehead atoms. The van der Waals surface area contributed by atoms with Gasteiger partial charge < -0.3 is 0 Å². The maximum Gasteiger partial charge on any atom is 0.136 e. The minimum atomic E-state index is 0.463. The number of hydrogen-bond acceptors (Lipinski definition) is 4. The predicted molar refractivity (Wildman–Crippen MR) is 68.1 cm³/mol. The Morgan fingerprint density at radius 2 is 2.12 bits per heavy atom. The van der Waals surface area contributed by atoms with Crippen molar-refractivity contribution >= 4 is 17.1 Å². The van der Waals surface area contributed by atoms with Crippen molar-refractivity contribution < 1.29 is 4.79 Å². The third-order valence-corrected chi connectivity index (χ3v) is 4.77. The predicted octanol–water partition coefficient (Wildman–Crippen LogP) is 2.54. The molecule has 4 heteroatoms. The Bertz CT molecular complexity index is 413. The van der Waals surface area contributed by atoms with Crippen LogP contribution in [-0.2, 0) is 11.3 Å². The Kier molecular flexibility index (Phi) is 3.01. The van der Waals surface area contributed by atoms with Crippen molar-refractivity contribution in [3.63, 3.8) is 0 Å². The topological polar surface area (TPSA) is 33.2 Å². The lowest BCUT2D eigenvalue weighted by molar-refractivity contribution is -0.127. The summed E-state index contributed by atoms with van der Waals surface area (Å²) < 4.78 is 0. The van der Waals surface area contributed by atoms with Crippen molar-refractivity contribution in [2.45, 2.75) is 57.7 Å². The van der Waals surface area contributed by atoms with Gasteiger partial charge in [-0.3, -0.25) is 9.69 Å². The van der Waals surface area contributed by atoms with Crippen LogP contribution in [-0.4, -0.2) is 27.8 Å². The fourth-order valence-electron chi connectivity index (χ4n) is 3.19. The van der Waals surface area contributed by atoms with Gasteiger partial charge in [0.25, 0.3) is 0 Å². The molecule has 2 fully saturated rings. The van der Waals surface area contributed by atoms with E-state index in [1.807, 2.05) is 0 Å². The van der Waals surface area contributed by atoms with Crippen LogP contribution in [0.2, 0.25) is 0 Å². The Balaban J connectivity index is 1.76. The molecular formula is C13H18N2OS. The van der Waals surface area contributed by atoms with E-state index in [0.29, 0.717) is 17.9 Å². The van der Waals surface area contributed by atoms with Gasteiger partial charge in [0.05, 0.1) is 10.7 Å². The van der Waals surface area contributed by atoms with Crippen LogP contribution in [0.4, 0.5) is 0 Å². The van der Waals surface area contributed by atoms with Gasteiger partial charge in [-0.15, -0.1) is 11.3 Å². The maximum absolute atomic E-state index is 11.6. The van der Waals surface area contributed by atoms with Gasteiger partial charge in [-0.05, 0) is 19.8 Å². The molecule has 1 aromatic rings. The molecule has 0 saturated carbocycles. The summed E-state index contributed by atoms with van der Waals surface area (Å²) in [4.78, 5) is 18.7. The number of piperidine rings is 2. The van der Waals surface area contributed by atoms with E-state index >= 15 is 0 Å². The van der Waals surface area contributed by atoms with E-state index < -0.39 is 0 Å². The zero-order chi connectivity index (χ0) is 11.8. The van der Waals surface area contributed by atoms with Gasteiger partial charge in [0, 0.05) is 36.9 Å². The first-order valence-corrected chi connectivity index (χ1v) is 7.29. The summed E-state index contributed by atoms with van der Waals surface area (Å²) in [6.07, 6.45) is 5.19. The highest BCUT2D eigenvalue weighted by Crippen LogP contribution is 2.33. The zero-order valence-electron chi connectivity index (χ0n) is 10.2. The van der Waals surface area contributed by atoms with E-state index in [0.717, 1.165) is 24.4 Å². The van der Waals surface area contributed by atoms with Gasteiger partial charge in [-0.1, -0.05) is 6.42 Å². The summed E-state index contributed by atoms with van der Waals surface area (Å²) in [7, 11) is 0. The molecule has 2 aliphatic rings. The molecule has 3 nitrogen and oxygen atoms in total. The number of nitrogens with zero attached hydrogens (tertiary/aromatic N) is 2. The van der Waals surface area contributed by atoms with Crippen LogP contribution in [0.5, 0.6) is 0 Å². The largest absolute Gasteiger partial charge is 0.300 e. The van der Waals surface area contributed by atoms with Crippen molar-refractivity contribution in [2.24, 2.45) is 0 Å². The number of Topliss-reactive ketones (excluding diaryl/α,β-unsaturated/α-hetero) is 1. The monoisotopic (exact) mass is 250 g/mol. The highest BCUT2D eigenvalue weighted by atomic mass is 32.1. The molecule has 2 atom stereocenters. The second-order valence-electron chi connectivity index (χ2n) is 5.22. The lowest BCUT2D eigenvalue weighted by Gasteiger charge is -2.45. The first kappa shape index (κ1) is 11.4. The maximum atomic E-state index is 11.6. The molecule has 3 rings (SSSR count). The van der Waals surface area contributed by atoms with E-state index in [1.54, 1.807) is 11.3 Å². The van der Waals surface area contributed by atoms with Gasteiger partial charge in [-0.2, -0.15) is 0 Å². The quantitative estimate of drug-likeness (QED) is 0.808.